The Morgan fingerprint density at radius 1 is 0.905 bits per heavy atom. The van der Waals surface area contributed by atoms with Gasteiger partial charge in [-0.1, -0.05) is 42.1 Å². The van der Waals surface area contributed by atoms with Gasteiger partial charge in [0.15, 0.2) is 0 Å². The quantitative estimate of drug-likeness (QED) is 0.615. The second kappa shape index (κ2) is 6.83. The average Bonchev–Trinajstić information content (AvgIpc) is 2.96. The van der Waals surface area contributed by atoms with Gasteiger partial charge in [0.05, 0.1) is 11.3 Å². The third-order valence-electron chi connectivity index (χ3n) is 3.14. The number of thiophene rings is 1. The number of methoxy groups -OCH3 is 1. The number of hydrogen-bond donors (Lipinski definition) is 0. The van der Waals surface area contributed by atoms with Gasteiger partial charge in [0.25, 0.3) is 0 Å². The molecule has 0 N–H and O–H groups in total. The van der Waals surface area contributed by atoms with Crippen LogP contribution in [0.4, 0.5) is 0 Å². The van der Waals surface area contributed by atoms with Crippen LogP contribution in [0.5, 0.6) is 5.75 Å². The molecule has 0 fully saturated rings. The van der Waals surface area contributed by atoms with E-state index in [1.165, 1.54) is 19.5 Å². The molecular weight excluding hydrogens is 296 g/mol. The molecule has 1 heterocycles. The highest BCUT2D eigenvalue weighted by molar-refractivity contribution is 8.01. The van der Waals surface area contributed by atoms with Crippen LogP contribution >= 0.6 is 23.1 Å². The van der Waals surface area contributed by atoms with E-state index in [1.807, 2.05) is 41.3 Å². The first-order chi connectivity index (χ1) is 10.3. The van der Waals surface area contributed by atoms with Crippen molar-refractivity contribution in [1.29, 1.82) is 0 Å². The molecule has 0 bridgehead atoms. The first-order valence-corrected chi connectivity index (χ1v) is 8.41. The van der Waals surface area contributed by atoms with E-state index in [1.54, 1.807) is 7.11 Å². The Labute approximate surface area is 133 Å². The summed E-state index contributed by atoms with van der Waals surface area (Å²) in [5.41, 5.74) is 1.31. The second-order valence-corrected chi connectivity index (χ2v) is 7.20. The topological polar surface area (TPSA) is 9.23 Å². The van der Waals surface area contributed by atoms with Crippen LogP contribution in [0.1, 0.15) is 10.4 Å². The van der Waals surface area contributed by atoms with Crippen LogP contribution < -0.4 is 4.74 Å². The lowest BCUT2D eigenvalue weighted by molar-refractivity contribution is 0.414. The number of rotatable bonds is 5. The van der Waals surface area contributed by atoms with Crippen LogP contribution in [0.15, 0.2) is 75.8 Å². The Bertz CT molecular complexity index is 687. The van der Waals surface area contributed by atoms with Crippen LogP contribution in [-0.4, -0.2) is 7.11 Å². The largest absolute Gasteiger partial charge is 0.497 e. The van der Waals surface area contributed by atoms with Crippen molar-refractivity contribution in [2.24, 2.45) is 0 Å². The zero-order valence-corrected chi connectivity index (χ0v) is 13.4. The van der Waals surface area contributed by atoms with E-state index in [0.29, 0.717) is 0 Å². The smallest absolute Gasteiger partial charge is 0.118 e. The summed E-state index contributed by atoms with van der Waals surface area (Å²) in [6, 6.07) is 23.2. The van der Waals surface area contributed by atoms with Crippen LogP contribution in [0.3, 0.4) is 0 Å². The van der Waals surface area contributed by atoms with Gasteiger partial charge in [0, 0.05) is 16.2 Å². The lowest BCUT2D eigenvalue weighted by Crippen LogP contribution is -1.86. The van der Waals surface area contributed by atoms with Crippen molar-refractivity contribution in [3.8, 4) is 5.75 Å². The molecule has 0 aliphatic heterocycles. The van der Waals surface area contributed by atoms with E-state index in [2.05, 4.69) is 48.5 Å². The first-order valence-electron chi connectivity index (χ1n) is 6.78. The summed E-state index contributed by atoms with van der Waals surface area (Å²) in [6.07, 6.45) is 0.976. The maximum atomic E-state index is 5.19. The summed E-state index contributed by atoms with van der Waals surface area (Å²) in [6.45, 7) is 0. The van der Waals surface area contributed by atoms with E-state index in [9.17, 15) is 0 Å². The van der Waals surface area contributed by atoms with Crippen molar-refractivity contribution in [3.63, 3.8) is 0 Å². The molecule has 1 nitrogen and oxygen atoms in total. The number of ether oxygens (including phenoxy) is 1. The van der Waals surface area contributed by atoms with Crippen molar-refractivity contribution in [3.05, 3.63) is 77.2 Å². The highest BCUT2D eigenvalue weighted by atomic mass is 32.2. The SMILES string of the molecule is COc1ccc(Cc2ccc(Sc3ccccc3)s2)cc1. The first kappa shape index (κ1) is 14.2. The van der Waals surface area contributed by atoms with Gasteiger partial charge in [-0.15, -0.1) is 11.3 Å². The summed E-state index contributed by atoms with van der Waals surface area (Å²) in [5.74, 6) is 0.908. The summed E-state index contributed by atoms with van der Waals surface area (Å²) < 4.78 is 6.53. The monoisotopic (exact) mass is 312 g/mol. The van der Waals surface area contributed by atoms with Gasteiger partial charge in [-0.2, -0.15) is 0 Å². The minimum Gasteiger partial charge on any atom is -0.497 e. The molecule has 0 aliphatic rings. The molecule has 21 heavy (non-hydrogen) atoms. The Balaban J connectivity index is 1.67. The molecule has 1 aromatic heterocycles. The molecule has 0 radical (unpaired) electrons. The van der Waals surface area contributed by atoms with Gasteiger partial charge in [-0.25, -0.2) is 0 Å². The number of hydrogen-bond acceptors (Lipinski definition) is 3. The Kier molecular flexibility index (Phi) is 4.63. The van der Waals surface area contributed by atoms with Crippen molar-refractivity contribution < 1.29 is 4.74 Å². The van der Waals surface area contributed by atoms with Crippen molar-refractivity contribution in [1.82, 2.24) is 0 Å². The van der Waals surface area contributed by atoms with Gasteiger partial charge >= 0.3 is 0 Å². The van der Waals surface area contributed by atoms with Gasteiger partial charge in [-0.05, 0) is 42.0 Å². The Morgan fingerprint density at radius 2 is 1.67 bits per heavy atom. The van der Waals surface area contributed by atoms with E-state index in [-0.39, 0.29) is 0 Å². The predicted molar refractivity (Wildman–Crippen MR) is 90.7 cm³/mol. The van der Waals surface area contributed by atoms with Crippen molar-refractivity contribution >= 4 is 23.1 Å². The van der Waals surface area contributed by atoms with E-state index < -0.39 is 0 Å². The number of benzene rings is 2. The molecule has 3 aromatic rings. The molecule has 0 aliphatic carbocycles. The predicted octanol–water partition coefficient (Wildman–Crippen LogP) is 5.50. The molecule has 0 unspecified atom stereocenters. The van der Waals surface area contributed by atoms with Crippen LogP contribution in [0.25, 0.3) is 0 Å². The summed E-state index contributed by atoms with van der Waals surface area (Å²) in [4.78, 5) is 2.67. The zero-order chi connectivity index (χ0) is 14.5. The average molecular weight is 312 g/mol. The van der Waals surface area contributed by atoms with Crippen LogP contribution in [-0.2, 0) is 6.42 Å². The molecule has 0 atom stereocenters. The highest BCUT2D eigenvalue weighted by Crippen LogP contribution is 2.34. The van der Waals surface area contributed by atoms with Crippen LogP contribution in [0, 0.1) is 0 Å². The third kappa shape index (κ3) is 3.90. The minimum atomic E-state index is 0.908. The zero-order valence-electron chi connectivity index (χ0n) is 11.8. The van der Waals surface area contributed by atoms with Crippen molar-refractivity contribution in [2.75, 3.05) is 7.11 Å². The standard InChI is InChI=1S/C18H16OS2/c1-19-15-9-7-14(8-10-15)13-17-11-12-18(21-17)20-16-5-3-2-4-6-16/h2-12H,13H2,1H3. The van der Waals surface area contributed by atoms with Crippen LogP contribution in [0.2, 0.25) is 0 Å². The van der Waals surface area contributed by atoms with E-state index in [4.69, 9.17) is 4.74 Å². The Hall–Kier alpha value is -1.71. The normalized spacial score (nSPS) is 10.5. The molecular formula is C18H16OS2. The summed E-state index contributed by atoms with van der Waals surface area (Å²) >= 11 is 3.69. The fraction of sp³-hybridized carbons (Fsp3) is 0.111. The Morgan fingerprint density at radius 3 is 2.38 bits per heavy atom. The van der Waals surface area contributed by atoms with Gasteiger partial charge in [0.1, 0.15) is 5.75 Å². The minimum absolute atomic E-state index is 0.908. The highest BCUT2D eigenvalue weighted by Gasteiger charge is 2.04. The molecule has 3 rings (SSSR count). The maximum Gasteiger partial charge on any atom is 0.118 e. The molecule has 0 saturated carbocycles. The lowest BCUT2D eigenvalue weighted by Gasteiger charge is -2.02. The van der Waals surface area contributed by atoms with E-state index >= 15 is 0 Å². The third-order valence-corrected chi connectivity index (χ3v) is 5.36. The second-order valence-electron chi connectivity index (χ2n) is 4.66. The fourth-order valence-electron chi connectivity index (χ4n) is 2.06. The summed E-state index contributed by atoms with van der Waals surface area (Å²) in [7, 11) is 1.70. The van der Waals surface area contributed by atoms with Gasteiger partial charge in [0.2, 0.25) is 0 Å². The molecule has 0 spiro atoms. The molecule has 0 saturated heterocycles. The maximum absolute atomic E-state index is 5.19. The van der Waals surface area contributed by atoms with Crippen molar-refractivity contribution in [2.45, 2.75) is 15.5 Å². The molecule has 0 amide bonds. The summed E-state index contributed by atoms with van der Waals surface area (Å²) in [5, 5.41) is 0. The molecule has 3 heteroatoms. The lowest BCUT2D eigenvalue weighted by atomic mass is 10.1. The van der Waals surface area contributed by atoms with Gasteiger partial charge < -0.3 is 4.74 Å². The molecule has 2 aromatic carbocycles. The fourth-order valence-corrected chi connectivity index (χ4v) is 4.26. The molecule has 106 valence electrons. The van der Waals surface area contributed by atoms with Gasteiger partial charge in [-0.3, -0.25) is 0 Å². The van der Waals surface area contributed by atoms with E-state index in [0.717, 1.165) is 12.2 Å².